The number of carbonyl (C=O) groups excluding carboxylic acids is 1. The molecule has 0 amide bonds. The molecule has 1 radical (unpaired) electrons. The van der Waals surface area contributed by atoms with E-state index in [9.17, 15) is 4.79 Å². The summed E-state index contributed by atoms with van der Waals surface area (Å²) < 4.78 is 4.50. The Kier molecular flexibility index (Phi) is 8.25. The molecular formula is C6H11O2Re-. The van der Waals surface area contributed by atoms with Crippen molar-refractivity contribution in [3.8, 4) is 0 Å². The zero-order valence-corrected chi connectivity index (χ0v) is 8.56. The van der Waals surface area contributed by atoms with Crippen LogP contribution in [0.1, 0.15) is 20.8 Å². The van der Waals surface area contributed by atoms with Crippen LogP contribution in [0.15, 0.2) is 0 Å². The van der Waals surface area contributed by atoms with Crippen LogP contribution in [-0.4, -0.2) is 12.6 Å². The average Bonchev–Trinajstić information content (AvgIpc) is 1.67. The summed E-state index contributed by atoms with van der Waals surface area (Å²) in [6, 6.07) is 0. The van der Waals surface area contributed by atoms with Gasteiger partial charge in [-0.25, -0.2) is 0 Å². The third-order valence-corrected chi connectivity index (χ3v) is 1.17. The molecule has 0 rings (SSSR count). The van der Waals surface area contributed by atoms with Gasteiger partial charge in [-0.3, -0.25) is 0 Å². The Morgan fingerprint density at radius 2 is 1.78 bits per heavy atom. The van der Waals surface area contributed by atoms with E-state index in [4.69, 9.17) is 0 Å². The molecule has 0 aliphatic heterocycles. The van der Waals surface area contributed by atoms with Gasteiger partial charge in [-0.05, 0) is 12.8 Å². The van der Waals surface area contributed by atoms with Gasteiger partial charge in [0.2, 0.25) is 0 Å². The van der Waals surface area contributed by atoms with Crippen LogP contribution < -0.4 is 0 Å². The van der Waals surface area contributed by atoms with Crippen LogP contribution >= 0.6 is 0 Å². The maximum atomic E-state index is 9.57. The van der Waals surface area contributed by atoms with Gasteiger partial charge < -0.3 is 9.53 Å². The fourth-order valence-electron chi connectivity index (χ4n) is 0.212. The molecule has 9 heavy (non-hydrogen) atoms. The van der Waals surface area contributed by atoms with E-state index in [0.29, 0.717) is 5.92 Å². The first kappa shape index (κ1) is 11.9. The smallest absolute Gasteiger partial charge is 0.0590 e. The van der Waals surface area contributed by atoms with Crippen molar-refractivity contribution < 1.29 is 30.0 Å². The Bertz CT molecular complexity index is 73.5. The Morgan fingerprint density at radius 1 is 1.33 bits per heavy atom. The third-order valence-electron chi connectivity index (χ3n) is 1.17. The van der Waals surface area contributed by atoms with Crippen LogP contribution in [0.25, 0.3) is 0 Å². The van der Waals surface area contributed by atoms with Crippen molar-refractivity contribution in [3.63, 3.8) is 0 Å². The largest absolute Gasteiger partial charge is 0.651 e. The minimum absolute atomic E-state index is 0. The number of hydrogen-bond donors (Lipinski definition) is 0. The maximum absolute atomic E-state index is 9.57. The second kappa shape index (κ2) is 6.26. The molecule has 0 heterocycles. The van der Waals surface area contributed by atoms with E-state index in [2.05, 4.69) is 4.74 Å². The summed E-state index contributed by atoms with van der Waals surface area (Å²) in [5.74, 6) is 0.386. The molecule has 0 fully saturated rings. The quantitative estimate of drug-likeness (QED) is 0.730. The van der Waals surface area contributed by atoms with E-state index in [-0.39, 0.29) is 26.5 Å². The van der Waals surface area contributed by atoms with E-state index >= 15 is 0 Å². The van der Waals surface area contributed by atoms with Gasteiger partial charge in [-0.15, -0.1) is 0 Å². The SMILES string of the molecule is CC(C)C(C)O[C-]=O.[Re]. The molecule has 0 aromatic carbocycles. The van der Waals surface area contributed by atoms with Gasteiger partial charge in [0.25, 0.3) is 0 Å². The standard InChI is InChI=1S/C6H11O2.Re/c1-5(2)6(3)8-4-7;/h5-6H,1-3H3;/q-1;. The van der Waals surface area contributed by atoms with Crippen molar-refractivity contribution in [2.24, 2.45) is 5.92 Å². The van der Waals surface area contributed by atoms with Gasteiger partial charge in [0.1, 0.15) is 0 Å². The molecule has 0 saturated heterocycles. The summed E-state index contributed by atoms with van der Waals surface area (Å²) >= 11 is 0. The molecule has 0 N–H and O–H groups in total. The topological polar surface area (TPSA) is 26.3 Å². The van der Waals surface area contributed by atoms with E-state index in [1.807, 2.05) is 20.8 Å². The van der Waals surface area contributed by atoms with Crippen molar-refractivity contribution in [3.05, 3.63) is 0 Å². The van der Waals surface area contributed by atoms with Crippen LogP contribution in [0, 0.1) is 5.92 Å². The monoisotopic (exact) mass is 302 g/mol. The molecule has 0 aliphatic carbocycles. The van der Waals surface area contributed by atoms with Crippen molar-refractivity contribution >= 4 is 6.47 Å². The molecule has 1 atom stereocenters. The summed E-state index contributed by atoms with van der Waals surface area (Å²) in [6.45, 7) is 7.22. The zero-order valence-electron chi connectivity index (χ0n) is 5.85. The molecule has 0 saturated carbocycles. The molecule has 0 aromatic heterocycles. The van der Waals surface area contributed by atoms with Crippen molar-refractivity contribution in [1.29, 1.82) is 0 Å². The van der Waals surface area contributed by atoms with Crippen molar-refractivity contribution in [2.75, 3.05) is 0 Å². The van der Waals surface area contributed by atoms with Crippen LogP contribution in [0.4, 0.5) is 0 Å². The predicted molar refractivity (Wildman–Crippen MR) is 31.1 cm³/mol. The van der Waals surface area contributed by atoms with Gasteiger partial charge in [0, 0.05) is 20.4 Å². The Hall–Kier alpha value is 0.132. The van der Waals surface area contributed by atoms with E-state index in [1.54, 1.807) is 0 Å². The molecule has 0 spiro atoms. The predicted octanol–water partition coefficient (Wildman–Crippen LogP) is 1.11. The second-order valence-corrected chi connectivity index (χ2v) is 2.15. The van der Waals surface area contributed by atoms with Gasteiger partial charge >= 0.3 is 0 Å². The molecule has 1 unspecified atom stereocenters. The Balaban J connectivity index is 0. The zero-order chi connectivity index (χ0) is 6.57. The summed E-state index contributed by atoms with van der Waals surface area (Å²) in [5, 5.41) is 0. The second-order valence-electron chi connectivity index (χ2n) is 2.15. The molecule has 2 nitrogen and oxygen atoms in total. The Labute approximate surface area is 69.6 Å². The summed E-state index contributed by atoms with van der Waals surface area (Å²) in [5.41, 5.74) is 0. The number of rotatable bonds is 3. The van der Waals surface area contributed by atoms with Crippen LogP contribution in [0.3, 0.4) is 0 Å². The molecule has 0 bridgehead atoms. The van der Waals surface area contributed by atoms with Crippen LogP contribution in [0.2, 0.25) is 0 Å². The molecule has 55 valence electrons. The fourth-order valence-corrected chi connectivity index (χ4v) is 0.212. The first-order valence-corrected chi connectivity index (χ1v) is 2.71. The summed E-state index contributed by atoms with van der Waals surface area (Å²) in [4.78, 5) is 9.57. The average molecular weight is 301 g/mol. The van der Waals surface area contributed by atoms with Crippen LogP contribution in [0.5, 0.6) is 0 Å². The van der Waals surface area contributed by atoms with Crippen molar-refractivity contribution in [1.82, 2.24) is 0 Å². The van der Waals surface area contributed by atoms with Gasteiger partial charge in [-0.1, -0.05) is 20.3 Å². The summed E-state index contributed by atoms with van der Waals surface area (Å²) in [6.07, 6.45) is -0.00694. The minimum atomic E-state index is -0.00694. The molecule has 3 heteroatoms. The third kappa shape index (κ3) is 6.01. The summed E-state index contributed by atoms with van der Waals surface area (Å²) in [7, 11) is 0. The molecule has 0 aromatic rings. The van der Waals surface area contributed by atoms with E-state index < -0.39 is 0 Å². The number of ether oxygens (including phenoxy) is 1. The normalized spacial score (nSPS) is 12.0. The van der Waals surface area contributed by atoms with Crippen LogP contribution in [-0.2, 0) is 30.0 Å². The maximum Gasteiger partial charge on any atom is 0.0590 e. The molecular weight excluding hydrogens is 290 g/mol. The van der Waals surface area contributed by atoms with E-state index in [1.165, 1.54) is 6.47 Å². The van der Waals surface area contributed by atoms with Gasteiger partial charge in [0.05, 0.1) is 6.10 Å². The van der Waals surface area contributed by atoms with Crippen molar-refractivity contribution in [2.45, 2.75) is 26.9 Å². The van der Waals surface area contributed by atoms with Gasteiger partial charge in [0.15, 0.2) is 0 Å². The van der Waals surface area contributed by atoms with Gasteiger partial charge in [-0.2, -0.15) is 0 Å². The Morgan fingerprint density at radius 3 is 1.89 bits per heavy atom. The molecule has 0 aliphatic rings. The first-order valence-electron chi connectivity index (χ1n) is 2.71. The first-order chi connectivity index (χ1) is 3.68. The fraction of sp³-hybridized carbons (Fsp3) is 0.833. The minimum Gasteiger partial charge on any atom is -0.651 e. The number of hydrogen-bond acceptors (Lipinski definition) is 2. The van der Waals surface area contributed by atoms with E-state index in [0.717, 1.165) is 0 Å².